The predicted octanol–water partition coefficient (Wildman–Crippen LogP) is 0.486. The minimum Gasteiger partial charge on any atom is -0.481 e. The Labute approximate surface area is 95.4 Å². The monoisotopic (exact) mass is 228 g/mol. The van der Waals surface area contributed by atoms with Crippen molar-refractivity contribution in [3.05, 3.63) is 0 Å². The topological polar surface area (TPSA) is 92.4 Å². The second kappa shape index (κ2) is 5.84. The summed E-state index contributed by atoms with van der Waals surface area (Å²) in [4.78, 5) is 21.8. The van der Waals surface area contributed by atoms with Crippen LogP contribution in [0.4, 0.5) is 0 Å². The molecule has 0 saturated heterocycles. The number of hydrogen-bond acceptors (Lipinski definition) is 3. The van der Waals surface area contributed by atoms with E-state index in [1.807, 2.05) is 0 Å². The molecule has 0 unspecified atom stereocenters. The minimum absolute atomic E-state index is 0.00413. The largest absolute Gasteiger partial charge is 0.481 e. The van der Waals surface area contributed by atoms with Crippen molar-refractivity contribution < 1.29 is 14.7 Å². The summed E-state index contributed by atoms with van der Waals surface area (Å²) in [7, 11) is 0. The molecular weight excluding hydrogens is 208 g/mol. The zero-order valence-corrected chi connectivity index (χ0v) is 9.50. The summed E-state index contributed by atoms with van der Waals surface area (Å²) in [6.45, 7) is 1.00. The van der Waals surface area contributed by atoms with Gasteiger partial charge in [-0.2, -0.15) is 0 Å². The second-order valence-electron chi connectivity index (χ2n) is 4.58. The van der Waals surface area contributed by atoms with E-state index < -0.39 is 5.97 Å². The molecule has 0 aromatic carbocycles. The number of nitrogens with two attached hydrogens (primary N) is 1. The Hall–Kier alpha value is -1.10. The minimum atomic E-state index is -0.827. The first-order valence-corrected chi connectivity index (χ1v) is 5.76. The van der Waals surface area contributed by atoms with Crippen LogP contribution in [-0.2, 0) is 9.59 Å². The quantitative estimate of drug-likeness (QED) is 0.553. The highest BCUT2D eigenvalue weighted by Gasteiger charge is 2.37. The van der Waals surface area contributed by atoms with Crippen molar-refractivity contribution >= 4 is 11.9 Å². The highest BCUT2D eigenvalue weighted by molar-refractivity contribution is 5.76. The lowest BCUT2D eigenvalue weighted by molar-refractivity contribution is -0.137. The van der Waals surface area contributed by atoms with Crippen molar-refractivity contribution in [1.82, 2.24) is 5.32 Å². The van der Waals surface area contributed by atoms with Gasteiger partial charge in [-0.15, -0.1) is 0 Å². The molecular formula is C11H20N2O3. The highest BCUT2D eigenvalue weighted by atomic mass is 16.4. The summed E-state index contributed by atoms with van der Waals surface area (Å²) in [5, 5.41) is 11.2. The molecule has 5 nitrogen and oxygen atoms in total. The molecule has 5 heteroatoms. The summed E-state index contributed by atoms with van der Waals surface area (Å²) >= 11 is 0. The SMILES string of the molecule is NCC1(CC(=O)NCCCC(=O)O)CCC1. The van der Waals surface area contributed by atoms with E-state index in [0.29, 0.717) is 25.9 Å². The molecule has 1 aliphatic rings. The molecule has 4 N–H and O–H groups in total. The van der Waals surface area contributed by atoms with Crippen LogP contribution >= 0.6 is 0 Å². The van der Waals surface area contributed by atoms with Crippen molar-refractivity contribution in [2.75, 3.05) is 13.1 Å². The van der Waals surface area contributed by atoms with Crippen LogP contribution in [-0.4, -0.2) is 30.1 Å². The molecule has 1 amide bonds. The van der Waals surface area contributed by atoms with Gasteiger partial charge in [0.1, 0.15) is 0 Å². The number of carbonyl (C=O) groups excluding carboxylic acids is 1. The van der Waals surface area contributed by atoms with E-state index in [1.54, 1.807) is 0 Å². The number of carbonyl (C=O) groups is 2. The molecule has 0 radical (unpaired) electrons. The average molecular weight is 228 g/mol. The van der Waals surface area contributed by atoms with Crippen molar-refractivity contribution in [2.45, 2.75) is 38.5 Å². The van der Waals surface area contributed by atoms with Crippen LogP contribution in [0.15, 0.2) is 0 Å². The van der Waals surface area contributed by atoms with Gasteiger partial charge in [0, 0.05) is 19.4 Å². The first-order chi connectivity index (χ1) is 7.58. The van der Waals surface area contributed by atoms with E-state index in [-0.39, 0.29) is 17.7 Å². The van der Waals surface area contributed by atoms with Gasteiger partial charge in [-0.25, -0.2) is 0 Å². The number of carboxylic acids is 1. The fraction of sp³-hybridized carbons (Fsp3) is 0.818. The van der Waals surface area contributed by atoms with Crippen LogP contribution in [0.25, 0.3) is 0 Å². The van der Waals surface area contributed by atoms with Crippen molar-refractivity contribution in [2.24, 2.45) is 11.1 Å². The van der Waals surface area contributed by atoms with Gasteiger partial charge < -0.3 is 16.2 Å². The van der Waals surface area contributed by atoms with Gasteiger partial charge in [-0.1, -0.05) is 6.42 Å². The van der Waals surface area contributed by atoms with E-state index in [1.165, 1.54) is 0 Å². The van der Waals surface area contributed by atoms with Crippen molar-refractivity contribution in [1.29, 1.82) is 0 Å². The fourth-order valence-electron chi connectivity index (χ4n) is 2.00. The summed E-state index contributed by atoms with van der Waals surface area (Å²) < 4.78 is 0. The predicted molar refractivity (Wildman–Crippen MR) is 59.8 cm³/mol. The van der Waals surface area contributed by atoms with E-state index in [4.69, 9.17) is 10.8 Å². The molecule has 0 spiro atoms. The first kappa shape index (κ1) is 13.0. The van der Waals surface area contributed by atoms with Crippen LogP contribution in [0.3, 0.4) is 0 Å². The zero-order valence-electron chi connectivity index (χ0n) is 9.50. The van der Waals surface area contributed by atoms with Crippen LogP contribution < -0.4 is 11.1 Å². The Kier molecular flexibility index (Phi) is 4.73. The molecule has 0 heterocycles. The van der Waals surface area contributed by atoms with Crippen LogP contribution in [0.2, 0.25) is 0 Å². The standard InChI is InChI=1S/C11H20N2O3/c12-8-11(4-2-5-11)7-9(14)13-6-1-3-10(15)16/h1-8,12H2,(H,13,14)(H,15,16). The van der Waals surface area contributed by atoms with E-state index in [2.05, 4.69) is 5.32 Å². The molecule has 1 fully saturated rings. The smallest absolute Gasteiger partial charge is 0.303 e. The number of nitrogens with one attached hydrogen (secondary N) is 1. The molecule has 0 atom stereocenters. The van der Waals surface area contributed by atoms with Gasteiger partial charge >= 0.3 is 5.97 Å². The number of amides is 1. The van der Waals surface area contributed by atoms with Crippen LogP contribution in [0, 0.1) is 5.41 Å². The van der Waals surface area contributed by atoms with Crippen molar-refractivity contribution in [3.63, 3.8) is 0 Å². The Balaban J connectivity index is 2.13. The Morgan fingerprint density at radius 1 is 1.38 bits per heavy atom. The van der Waals surface area contributed by atoms with Gasteiger partial charge in [-0.05, 0) is 31.2 Å². The first-order valence-electron chi connectivity index (χ1n) is 5.76. The maximum atomic E-state index is 11.5. The lowest BCUT2D eigenvalue weighted by atomic mass is 9.66. The number of aliphatic carboxylic acids is 1. The van der Waals surface area contributed by atoms with Gasteiger partial charge in [0.25, 0.3) is 0 Å². The van der Waals surface area contributed by atoms with Gasteiger partial charge in [0.05, 0.1) is 0 Å². The van der Waals surface area contributed by atoms with Crippen molar-refractivity contribution in [3.8, 4) is 0 Å². The Bertz CT molecular complexity index is 256. The van der Waals surface area contributed by atoms with Crippen LogP contribution in [0.1, 0.15) is 38.5 Å². The highest BCUT2D eigenvalue weighted by Crippen LogP contribution is 2.42. The van der Waals surface area contributed by atoms with E-state index in [0.717, 1.165) is 19.3 Å². The molecule has 1 rings (SSSR count). The second-order valence-corrected chi connectivity index (χ2v) is 4.58. The molecule has 92 valence electrons. The molecule has 16 heavy (non-hydrogen) atoms. The van der Waals surface area contributed by atoms with Gasteiger partial charge in [-0.3, -0.25) is 9.59 Å². The van der Waals surface area contributed by atoms with Crippen LogP contribution in [0.5, 0.6) is 0 Å². The Morgan fingerprint density at radius 2 is 2.06 bits per heavy atom. The molecule has 1 aliphatic carbocycles. The lowest BCUT2D eigenvalue weighted by Gasteiger charge is -2.40. The average Bonchev–Trinajstić information content (AvgIpc) is 2.18. The maximum Gasteiger partial charge on any atom is 0.303 e. The third-order valence-corrected chi connectivity index (χ3v) is 3.27. The summed E-state index contributed by atoms with van der Waals surface area (Å²) in [6.07, 6.45) is 4.29. The molecule has 0 aromatic heterocycles. The number of hydrogen-bond donors (Lipinski definition) is 3. The van der Waals surface area contributed by atoms with E-state index >= 15 is 0 Å². The summed E-state index contributed by atoms with van der Waals surface area (Å²) in [5.41, 5.74) is 5.68. The molecule has 1 saturated carbocycles. The number of rotatable bonds is 7. The normalized spacial score (nSPS) is 17.6. The molecule has 0 aromatic rings. The molecule has 0 aliphatic heterocycles. The summed E-state index contributed by atoms with van der Waals surface area (Å²) in [6, 6.07) is 0. The third kappa shape index (κ3) is 3.81. The maximum absolute atomic E-state index is 11.5. The third-order valence-electron chi connectivity index (χ3n) is 3.27. The zero-order chi connectivity index (χ0) is 12.0. The number of carboxylic acid groups (broad SMARTS) is 1. The molecule has 0 bridgehead atoms. The van der Waals surface area contributed by atoms with E-state index in [9.17, 15) is 9.59 Å². The lowest BCUT2D eigenvalue weighted by Crippen LogP contribution is -2.42. The fourth-order valence-corrected chi connectivity index (χ4v) is 2.00. The Morgan fingerprint density at radius 3 is 2.50 bits per heavy atom. The van der Waals surface area contributed by atoms with Gasteiger partial charge in [0.15, 0.2) is 0 Å². The summed E-state index contributed by atoms with van der Waals surface area (Å²) in [5.74, 6) is -0.831. The van der Waals surface area contributed by atoms with Gasteiger partial charge in [0.2, 0.25) is 5.91 Å².